The lowest BCUT2D eigenvalue weighted by molar-refractivity contribution is -0.140. The van der Waals surface area contributed by atoms with Crippen molar-refractivity contribution < 1.29 is 13.9 Å². The van der Waals surface area contributed by atoms with Crippen molar-refractivity contribution in [3.63, 3.8) is 0 Å². The Kier molecular flexibility index (Phi) is 5.08. The molecule has 0 bridgehead atoms. The van der Waals surface area contributed by atoms with Gasteiger partial charge in [0.05, 0.1) is 25.2 Å². The van der Waals surface area contributed by atoms with Crippen LogP contribution < -0.4 is 0 Å². The minimum Gasteiger partial charge on any atom is -0.377 e. The standard InChI is InChI=1S/C18H20FNO2S/c1-13-12-22-9-8-20(13)18(21)17(11-16-3-2-10-23-16)14-4-6-15(19)7-5-14/h2-7,10,13,17H,8-9,11-12H2,1H3. The monoisotopic (exact) mass is 333 g/mol. The average Bonchev–Trinajstić information content (AvgIpc) is 3.07. The molecular formula is C18H20FNO2S. The first-order valence-corrected chi connectivity index (χ1v) is 8.69. The Morgan fingerprint density at radius 1 is 1.39 bits per heavy atom. The van der Waals surface area contributed by atoms with Crippen molar-refractivity contribution in [3.05, 3.63) is 58.0 Å². The second-order valence-electron chi connectivity index (χ2n) is 5.84. The molecule has 1 amide bonds. The Bertz CT molecular complexity index is 642. The predicted octanol–water partition coefficient (Wildman–Crippen LogP) is 3.46. The maximum atomic E-state index is 13.2. The van der Waals surface area contributed by atoms with Crippen LogP contribution in [-0.2, 0) is 16.0 Å². The highest BCUT2D eigenvalue weighted by Crippen LogP contribution is 2.27. The van der Waals surface area contributed by atoms with Gasteiger partial charge in [0, 0.05) is 11.4 Å². The van der Waals surface area contributed by atoms with Crippen LogP contribution in [0.25, 0.3) is 0 Å². The summed E-state index contributed by atoms with van der Waals surface area (Å²) in [5, 5.41) is 2.01. The average molecular weight is 333 g/mol. The number of carbonyl (C=O) groups excluding carboxylic acids is 1. The maximum absolute atomic E-state index is 13.2. The van der Waals surface area contributed by atoms with E-state index in [1.807, 2.05) is 29.3 Å². The van der Waals surface area contributed by atoms with Gasteiger partial charge in [0.15, 0.2) is 0 Å². The minimum absolute atomic E-state index is 0.0718. The van der Waals surface area contributed by atoms with E-state index in [-0.39, 0.29) is 23.7 Å². The van der Waals surface area contributed by atoms with Gasteiger partial charge < -0.3 is 9.64 Å². The zero-order valence-electron chi connectivity index (χ0n) is 13.1. The second kappa shape index (κ2) is 7.23. The molecule has 122 valence electrons. The normalized spacial score (nSPS) is 19.6. The van der Waals surface area contributed by atoms with Crippen molar-refractivity contribution in [1.29, 1.82) is 0 Å². The highest BCUT2D eigenvalue weighted by molar-refractivity contribution is 7.09. The first-order chi connectivity index (χ1) is 11.1. The molecule has 2 heterocycles. The van der Waals surface area contributed by atoms with E-state index < -0.39 is 0 Å². The molecular weight excluding hydrogens is 313 g/mol. The van der Waals surface area contributed by atoms with Gasteiger partial charge in [-0.25, -0.2) is 4.39 Å². The number of rotatable bonds is 4. The Labute approximate surface area is 139 Å². The third-order valence-corrected chi connectivity index (χ3v) is 5.11. The van der Waals surface area contributed by atoms with Crippen molar-refractivity contribution in [3.8, 4) is 0 Å². The molecule has 1 fully saturated rings. The van der Waals surface area contributed by atoms with Gasteiger partial charge in [-0.3, -0.25) is 4.79 Å². The Morgan fingerprint density at radius 3 is 2.83 bits per heavy atom. The largest absolute Gasteiger partial charge is 0.377 e. The molecule has 2 aromatic rings. The van der Waals surface area contributed by atoms with E-state index in [0.29, 0.717) is 26.2 Å². The number of carbonyl (C=O) groups is 1. The molecule has 0 radical (unpaired) electrons. The Balaban J connectivity index is 1.87. The lowest BCUT2D eigenvalue weighted by Gasteiger charge is -2.36. The third kappa shape index (κ3) is 3.79. The van der Waals surface area contributed by atoms with Crippen molar-refractivity contribution in [2.75, 3.05) is 19.8 Å². The fraction of sp³-hybridized carbons (Fsp3) is 0.389. The van der Waals surface area contributed by atoms with E-state index in [1.165, 1.54) is 12.1 Å². The van der Waals surface area contributed by atoms with Gasteiger partial charge in [-0.1, -0.05) is 18.2 Å². The molecule has 1 aromatic heterocycles. The maximum Gasteiger partial charge on any atom is 0.230 e. The summed E-state index contributed by atoms with van der Waals surface area (Å²) < 4.78 is 18.7. The van der Waals surface area contributed by atoms with E-state index in [1.54, 1.807) is 23.5 Å². The van der Waals surface area contributed by atoms with Crippen LogP contribution in [0.5, 0.6) is 0 Å². The Morgan fingerprint density at radius 2 is 2.17 bits per heavy atom. The molecule has 0 aliphatic carbocycles. The molecule has 1 saturated heterocycles. The molecule has 1 aromatic carbocycles. The summed E-state index contributed by atoms with van der Waals surface area (Å²) in [5.41, 5.74) is 0.864. The molecule has 0 spiro atoms. The van der Waals surface area contributed by atoms with Crippen LogP contribution in [0.1, 0.15) is 23.3 Å². The highest BCUT2D eigenvalue weighted by Gasteiger charge is 2.31. The SMILES string of the molecule is CC1COCCN1C(=O)C(Cc1cccs1)c1ccc(F)cc1. The molecule has 1 aliphatic rings. The van der Waals surface area contributed by atoms with Crippen LogP contribution in [-0.4, -0.2) is 36.6 Å². The zero-order valence-corrected chi connectivity index (χ0v) is 13.9. The smallest absolute Gasteiger partial charge is 0.230 e. The van der Waals surface area contributed by atoms with Crippen molar-refractivity contribution in [2.45, 2.75) is 25.3 Å². The van der Waals surface area contributed by atoms with E-state index >= 15 is 0 Å². The van der Waals surface area contributed by atoms with Crippen molar-refractivity contribution in [2.24, 2.45) is 0 Å². The second-order valence-corrected chi connectivity index (χ2v) is 6.88. The first-order valence-electron chi connectivity index (χ1n) is 7.81. The molecule has 5 heteroatoms. The summed E-state index contributed by atoms with van der Waals surface area (Å²) in [6.45, 7) is 3.76. The van der Waals surface area contributed by atoms with Crippen LogP contribution in [0, 0.1) is 5.82 Å². The Hall–Kier alpha value is -1.72. The van der Waals surface area contributed by atoms with E-state index in [2.05, 4.69) is 0 Å². The summed E-state index contributed by atoms with van der Waals surface area (Å²) in [6, 6.07) is 10.4. The number of ether oxygens (including phenoxy) is 1. The molecule has 0 saturated carbocycles. The summed E-state index contributed by atoms with van der Waals surface area (Å²) in [5.74, 6) is -0.466. The minimum atomic E-state index is -0.283. The van der Waals surface area contributed by atoms with Crippen molar-refractivity contribution >= 4 is 17.2 Å². The summed E-state index contributed by atoms with van der Waals surface area (Å²) in [6.07, 6.45) is 0.645. The van der Waals surface area contributed by atoms with Gasteiger partial charge in [0.25, 0.3) is 0 Å². The molecule has 0 N–H and O–H groups in total. The number of nitrogens with zero attached hydrogens (tertiary/aromatic N) is 1. The summed E-state index contributed by atoms with van der Waals surface area (Å²) >= 11 is 1.64. The van der Waals surface area contributed by atoms with Crippen LogP contribution in [0.15, 0.2) is 41.8 Å². The van der Waals surface area contributed by atoms with E-state index in [9.17, 15) is 9.18 Å². The fourth-order valence-electron chi connectivity index (χ4n) is 2.93. The number of amides is 1. The molecule has 3 nitrogen and oxygen atoms in total. The van der Waals surface area contributed by atoms with Crippen LogP contribution >= 0.6 is 11.3 Å². The highest BCUT2D eigenvalue weighted by atomic mass is 32.1. The number of hydrogen-bond acceptors (Lipinski definition) is 3. The quantitative estimate of drug-likeness (QED) is 0.857. The van der Waals surface area contributed by atoms with Gasteiger partial charge in [-0.15, -0.1) is 11.3 Å². The summed E-state index contributed by atoms with van der Waals surface area (Å²) in [4.78, 5) is 16.2. The fourth-order valence-corrected chi connectivity index (χ4v) is 3.68. The number of thiophene rings is 1. The lowest BCUT2D eigenvalue weighted by atomic mass is 9.92. The molecule has 3 rings (SSSR count). The van der Waals surface area contributed by atoms with Gasteiger partial charge in [-0.05, 0) is 42.5 Å². The summed E-state index contributed by atoms with van der Waals surface area (Å²) in [7, 11) is 0. The molecule has 1 aliphatic heterocycles. The molecule has 23 heavy (non-hydrogen) atoms. The topological polar surface area (TPSA) is 29.5 Å². The van der Waals surface area contributed by atoms with E-state index in [0.717, 1.165) is 10.4 Å². The first kappa shape index (κ1) is 16.1. The van der Waals surface area contributed by atoms with Gasteiger partial charge in [0.2, 0.25) is 5.91 Å². The lowest BCUT2D eigenvalue weighted by Crippen LogP contribution is -2.49. The van der Waals surface area contributed by atoms with Crippen LogP contribution in [0.3, 0.4) is 0 Å². The van der Waals surface area contributed by atoms with E-state index in [4.69, 9.17) is 4.74 Å². The van der Waals surface area contributed by atoms with Gasteiger partial charge in [-0.2, -0.15) is 0 Å². The van der Waals surface area contributed by atoms with Gasteiger partial charge in [0.1, 0.15) is 5.82 Å². The molecule has 2 atom stereocenters. The van der Waals surface area contributed by atoms with Crippen molar-refractivity contribution in [1.82, 2.24) is 4.90 Å². The van der Waals surface area contributed by atoms with Crippen LogP contribution in [0.2, 0.25) is 0 Å². The third-order valence-electron chi connectivity index (χ3n) is 4.21. The van der Waals surface area contributed by atoms with Crippen LogP contribution in [0.4, 0.5) is 4.39 Å². The zero-order chi connectivity index (χ0) is 16.2. The van der Waals surface area contributed by atoms with Gasteiger partial charge >= 0.3 is 0 Å². The number of hydrogen-bond donors (Lipinski definition) is 0. The predicted molar refractivity (Wildman–Crippen MR) is 89.2 cm³/mol. The molecule has 2 unspecified atom stereocenters. The number of benzene rings is 1. The number of halogens is 1. The number of morpholine rings is 1.